The molecule has 4 nitrogen and oxygen atoms in total. The van der Waals surface area contributed by atoms with Crippen LogP contribution in [0.5, 0.6) is 0 Å². The molecule has 0 fully saturated rings. The summed E-state index contributed by atoms with van der Waals surface area (Å²) in [5, 5.41) is 11.5. The van der Waals surface area contributed by atoms with Gasteiger partial charge in [-0.1, -0.05) is 203 Å². The standard InChI is InChI=1S/C68H48N2O2/c1-68(2,3)49-40-47-32-38-56-60(69(50-34-28-45(29-35-50)43-16-6-4-7-17-43)58-24-14-22-54-52-20-10-12-26-62(52)71-66(54)58)42-61(57-39-33-48(41-49)64(47)65(56)57)70(51-36-30-46(31-37-51)44-18-8-5-9-19-44)59-25-15-23-55-53-21-11-13-27-63(53)72-67(55)59/h4-42H,1-3H3. The van der Waals surface area contributed by atoms with Gasteiger partial charge in [0.15, 0.2) is 11.2 Å². The molecule has 0 spiro atoms. The lowest BCUT2D eigenvalue weighted by atomic mass is 9.83. The molecule has 0 bridgehead atoms. The zero-order chi connectivity index (χ0) is 48.1. The van der Waals surface area contributed by atoms with Crippen LogP contribution in [0.1, 0.15) is 26.3 Å². The van der Waals surface area contributed by atoms with Crippen LogP contribution >= 0.6 is 0 Å². The fourth-order valence-electron chi connectivity index (χ4n) is 11.2. The van der Waals surface area contributed by atoms with Crippen molar-refractivity contribution in [3.8, 4) is 22.3 Å². The molecule has 12 aromatic carbocycles. The van der Waals surface area contributed by atoms with Crippen LogP contribution in [0.15, 0.2) is 245 Å². The summed E-state index contributed by atoms with van der Waals surface area (Å²) >= 11 is 0. The van der Waals surface area contributed by atoms with Crippen molar-refractivity contribution in [2.24, 2.45) is 0 Å². The van der Waals surface area contributed by atoms with Gasteiger partial charge in [-0.05, 0) is 104 Å². The third kappa shape index (κ3) is 6.67. The van der Waals surface area contributed by atoms with Crippen LogP contribution in [0.2, 0.25) is 0 Å². The van der Waals surface area contributed by atoms with Crippen molar-refractivity contribution in [3.05, 3.63) is 242 Å². The fraction of sp³-hybridized carbons (Fsp3) is 0.0588. The van der Waals surface area contributed by atoms with Crippen molar-refractivity contribution >= 4 is 110 Å². The Morgan fingerprint density at radius 2 is 0.708 bits per heavy atom. The van der Waals surface area contributed by atoms with Gasteiger partial charge in [0, 0.05) is 49.1 Å². The lowest BCUT2D eigenvalue weighted by Crippen LogP contribution is -2.15. The molecule has 0 aliphatic rings. The minimum atomic E-state index is -0.0390. The highest BCUT2D eigenvalue weighted by atomic mass is 16.3. The van der Waals surface area contributed by atoms with Gasteiger partial charge in [-0.2, -0.15) is 0 Å². The largest absolute Gasteiger partial charge is 0.454 e. The summed E-state index contributed by atoms with van der Waals surface area (Å²) in [6.07, 6.45) is 0. The van der Waals surface area contributed by atoms with Crippen LogP contribution in [0.4, 0.5) is 34.1 Å². The lowest BCUT2D eigenvalue weighted by molar-refractivity contribution is 0.591. The molecule has 0 saturated heterocycles. The quantitative estimate of drug-likeness (QED) is 0.142. The number of rotatable bonds is 8. The minimum Gasteiger partial charge on any atom is -0.454 e. The maximum Gasteiger partial charge on any atom is 0.159 e. The number of fused-ring (bicyclic) bond motifs is 6. The van der Waals surface area contributed by atoms with E-state index in [2.05, 4.69) is 255 Å². The van der Waals surface area contributed by atoms with Crippen molar-refractivity contribution in [1.82, 2.24) is 0 Å². The Labute approximate surface area is 417 Å². The summed E-state index contributed by atoms with van der Waals surface area (Å²) in [6, 6.07) is 85.6. The van der Waals surface area contributed by atoms with Crippen LogP contribution in [0, 0.1) is 0 Å². The number of hydrogen-bond donors (Lipinski definition) is 0. The first-order valence-corrected chi connectivity index (χ1v) is 24.8. The Morgan fingerprint density at radius 1 is 0.306 bits per heavy atom. The Balaban J connectivity index is 1.11. The first-order valence-electron chi connectivity index (χ1n) is 24.8. The summed E-state index contributed by atoms with van der Waals surface area (Å²) in [7, 11) is 0. The molecule has 72 heavy (non-hydrogen) atoms. The van der Waals surface area contributed by atoms with E-state index in [4.69, 9.17) is 8.83 Å². The van der Waals surface area contributed by atoms with Gasteiger partial charge in [0.2, 0.25) is 0 Å². The first kappa shape index (κ1) is 41.8. The SMILES string of the molecule is CC(C)(C)c1cc2ccc3c(N(c4ccc(-c5ccccc5)cc4)c4cccc5c4oc4ccccc45)cc(N(c4ccc(-c5ccccc5)cc4)c4cccc5c4oc4ccccc45)c4ccc(c1)c2c34. The molecule has 4 heteroatoms. The molecule has 14 rings (SSSR count). The van der Waals surface area contributed by atoms with Gasteiger partial charge in [0.05, 0.1) is 22.7 Å². The predicted molar refractivity (Wildman–Crippen MR) is 304 cm³/mol. The molecule has 0 N–H and O–H groups in total. The van der Waals surface area contributed by atoms with Crippen LogP contribution in [-0.2, 0) is 5.41 Å². The third-order valence-corrected chi connectivity index (χ3v) is 14.7. The van der Waals surface area contributed by atoms with E-state index >= 15 is 0 Å². The van der Waals surface area contributed by atoms with E-state index in [0.717, 1.165) is 99.9 Å². The third-order valence-electron chi connectivity index (χ3n) is 14.7. The molecule has 342 valence electrons. The van der Waals surface area contributed by atoms with Crippen molar-refractivity contribution in [2.75, 3.05) is 9.80 Å². The van der Waals surface area contributed by atoms with E-state index in [1.54, 1.807) is 0 Å². The first-order chi connectivity index (χ1) is 35.3. The van der Waals surface area contributed by atoms with Gasteiger partial charge in [0.1, 0.15) is 11.2 Å². The average Bonchev–Trinajstić information content (AvgIpc) is 4.01. The number of furan rings is 2. The summed E-state index contributed by atoms with van der Waals surface area (Å²) < 4.78 is 13.9. The van der Waals surface area contributed by atoms with Gasteiger partial charge >= 0.3 is 0 Å². The number of anilines is 6. The van der Waals surface area contributed by atoms with Crippen molar-refractivity contribution < 1.29 is 8.83 Å². The molecule has 14 aromatic rings. The van der Waals surface area contributed by atoms with Crippen LogP contribution in [-0.4, -0.2) is 0 Å². The van der Waals surface area contributed by atoms with E-state index in [1.165, 1.54) is 38.2 Å². The Morgan fingerprint density at radius 3 is 1.15 bits per heavy atom. The van der Waals surface area contributed by atoms with E-state index in [1.807, 2.05) is 12.1 Å². The van der Waals surface area contributed by atoms with E-state index < -0.39 is 0 Å². The van der Waals surface area contributed by atoms with Crippen LogP contribution in [0.3, 0.4) is 0 Å². The Kier molecular flexibility index (Phi) is 9.43. The molecule has 2 aromatic heterocycles. The Hall–Kier alpha value is -9.12. The second-order valence-corrected chi connectivity index (χ2v) is 20.1. The number of hydrogen-bond acceptors (Lipinski definition) is 4. The zero-order valence-electron chi connectivity index (χ0n) is 40.2. The highest BCUT2D eigenvalue weighted by molar-refractivity contribution is 6.29. The van der Waals surface area contributed by atoms with E-state index in [-0.39, 0.29) is 5.41 Å². The van der Waals surface area contributed by atoms with Gasteiger partial charge in [-0.15, -0.1) is 0 Å². The molecule has 0 saturated carbocycles. The van der Waals surface area contributed by atoms with Gasteiger partial charge in [-0.25, -0.2) is 0 Å². The molecular weight excluding hydrogens is 877 g/mol. The maximum absolute atomic E-state index is 6.95. The second-order valence-electron chi connectivity index (χ2n) is 20.1. The molecule has 2 heterocycles. The molecular formula is C68H48N2O2. The Bertz CT molecular complexity index is 4080. The lowest BCUT2D eigenvalue weighted by Gasteiger charge is -2.32. The van der Waals surface area contributed by atoms with Gasteiger partial charge < -0.3 is 18.6 Å². The molecule has 0 atom stereocenters. The second kappa shape index (κ2) is 16.2. The molecule has 0 aliphatic heterocycles. The van der Waals surface area contributed by atoms with E-state index in [0.29, 0.717) is 0 Å². The normalized spacial score (nSPS) is 12.1. The van der Waals surface area contributed by atoms with Crippen molar-refractivity contribution in [3.63, 3.8) is 0 Å². The number of benzene rings is 12. The molecule has 0 radical (unpaired) electrons. The fourth-order valence-corrected chi connectivity index (χ4v) is 11.2. The zero-order valence-corrected chi connectivity index (χ0v) is 40.2. The molecule has 0 aliphatic carbocycles. The summed E-state index contributed by atoms with van der Waals surface area (Å²) in [4.78, 5) is 4.85. The molecule has 0 unspecified atom stereocenters. The topological polar surface area (TPSA) is 32.8 Å². The van der Waals surface area contributed by atoms with Crippen LogP contribution in [0.25, 0.3) is 98.4 Å². The average molecular weight is 925 g/mol. The molecule has 0 amide bonds. The maximum atomic E-state index is 6.95. The monoisotopic (exact) mass is 924 g/mol. The van der Waals surface area contributed by atoms with Gasteiger partial charge in [-0.3, -0.25) is 0 Å². The highest BCUT2D eigenvalue weighted by Crippen LogP contribution is 2.53. The van der Waals surface area contributed by atoms with Crippen molar-refractivity contribution in [2.45, 2.75) is 26.2 Å². The van der Waals surface area contributed by atoms with Crippen LogP contribution < -0.4 is 9.80 Å². The summed E-state index contributed by atoms with van der Waals surface area (Å²) in [6.45, 7) is 6.90. The predicted octanol–water partition coefficient (Wildman–Crippen LogP) is 20.0. The minimum absolute atomic E-state index is 0.0390. The summed E-state index contributed by atoms with van der Waals surface area (Å²) in [5.74, 6) is 0. The highest BCUT2D eigenvalue weighted by Gasteiger charge is 2.29. The summed E-state index contributed by atoms with van der Waals surface area (Å²) in [5.41, 5.74) is 15.2. The van der Waals surface area contributed by atoms with E-state index in [9.17, 15) is 0 Å². The smallest absolute Gasteiger partial charge is 0.159 e. The number of para-hydroxylation sites is 4. The van der Waals surface area contributed by atoms with Crippen molar-refractivity contribution in [1.29, 1.82) is 0 Å². The van der Waals surface area contributed by atoms with Gasteiger partial charge in [0.25, 0.3) is 0 Å². The number of nitrogens with zero attached hydrogens (tertiary/aromatic N) is 2.